The molecule has 1 aliphatic rings. The predicted molar refractivity (Wildman–Crippen MR) is 72.1 cm³/mol. The minimum Gasteiger partial charge on any atom is -0.398 e. The van der Waals surface area contributed by atoms with Crippen LogP contribution in [0.3, 0.4) is 0 Å². The van der Waals surface area contributed by atoms with Gasteiger partial charge in [0.1, 0.15) is 0 Å². The Morgan fingerprint density at radius 3 is 2.89 bits per heavy atom. The molecule has 1 heterocycles. The summed E-state index contributed by atoms with van der Waals surface area (Å²) >= 11 is 3.28. The Balaban J connectivity index is 1.99. The van der Waals surface area contributed by atoms with E-state index >= 15 is 0 Å². The molecule has 0 saturated carbocycles. The molecule has 1 aromatic rings. The van der Waals surface area contributed by atoms with Crippen molar-refractivity contribution >= 4 is 33.4 Å². The molecule has 5 nitrogen and oxygen atoms in total. The van der Waals surface area contributed by atoms with Crippen molar-refractivity contribution in [3.8, 4) is 0 Å². The van der Waals surface area contributed by atoms with Gasteiger partial charge in [0.2, 0.25) is 5.91 Å². The molecule has 96 valence electrons. The normalized spacial score (nSPS) is 19.2. The number of nitrogens with two attached hydrogens (primary N) is 1. The summed E-state index contributed by atoms with van der Waals surface area (Å²) in [5, 5.41) is 5.60. The highest BCUT2D eigenvalue weighted by molar-refractivity contribution is 9.10. The Morgan fingerprint density at radius 2 is 2.28 bits per heavy atom. The number of rotatable bonds is 2. The highest BCUT2D eigenvalue weighted by Crippen LogP contribution is 2.20. The SMILES string of the molecule is Nc1cc(C(=O)NC2CCC(=O)NC2)ccc1Br. The summed E-state index contributed by atoms with van der Waals surface area (Å²) in [7, 11) is 0. The van der Waals surface area contributed by atoms with Crippen LogP contribution in [0.5, 0.6) is 0 Å². The van der Waals surface area contributed by atoms with Crippen molar-refractivity contribution < 1.29 is 9.59 Å². The summed E-state index contributed by atoms with van der Waals surface area (Å²) in [6, 6.07) is 5.06. The van der Waals surface area contributed by atoms with E-state index in [2.05, 4.69) is 26.6 Å². The van der Waals surface area contributed by atoms with Gasteiger partial charge in [-0.2, -0.15) is 0 Å². The molecule has 1 unspecified atom stereocenters. The van der Waals surface area contributed by atoms with Gasteiger partial charge in [-0.25, -0.2) is 0 Å². The highest BCUT2D eigenvalue weighted by Gasteiger charge is 2.20. The average Bonchev–Trinajstić information content (AvgIpc) is 2.35. The zero-order valence-electron chi connectivity index (χ0n) is 9.70. The van der Waals surface area contributed by atoms with E-state index in [1.54, 1.807) is 18.2 Å². The van der Waals surface area contributed by atoms with Gasteiger partial charge in [0, 0.05) is 34.7 Å². The van der Waals surface area contributed by atoms with Crippen molar-refractivity contribution in [2.24, 2.45) is 0 Å². The van der Waals surface area contributed by atoms with E-state index < -0.39 is 0 Å². The molecule has 0 aliphatic carbocycles. The van der Waals surface area contributed by atoms with Crippen LogP contribution in [-0.4, -0.2) is 24.4 Å². The van der Waals surface area contributed by atoms with Crippen LogP contribution in [0.25, 0.3) is 0 Å². The summed E-state index contributed by atoms with van der Waals surface area (Å²) < 4.78 is 0.768. The summed E-state index contributed by atoms with van der Waals surface area (Å²) in [6.45, 7) is 0.483. The number of hydrogen-bond acceptors (Lipinski definition) is 3. The Labute approximate surface area is 113 Å². The number of nitrogens with one attached hydrogen (secondary N) is 2. The van der Waals surface area contributed by atoms with Crippen LogP contribution in [0.1, 0.15) is 23.2 Å². The molecule has 0 bridgehead atoms. The standard InChI is InChI=1S/C12H14BrN3O2/c13-9-3-1-7(5-10(9)14)12(18)16-8-2-4-11(17)15-6-8/h1,3,5,8H,2,4,6,14H2,(H,15,17)(H,16,18). The van der Waals surface area contributed by atoms with Gasteiger partial charge in [-0.15, -0.1) is 0 Å². The smallest absolute Gasteiger partial charge is 0.251 e. The Morgan fingerprint density at radius 1 is 1.50 bits per heavy atom. The number of amides is 2. The van der Waals surface area contributed by atoms with Gasteiger partial charge >= 0.3 is 0 Å². The number of anilines is 1. The topological polar surface area (TPSA) is 84.2 Å². The maximum absolute atomic E-state index is 12.0. The second kappa shape index (κ2) is 5.39. The summed E-state index contributed by atoms with van der Waals surface area (Å²) in [4.78, 5) is 23.0. The third-order valence-corrected chi connectivity index (χ3v) is 3.58. The fourth-order valence-corrected chi connectivity index (χ4v) is 2.06. The number of benzene rings is 1. The van der Waals surface area contributed by atoms with Gasteiger partial charge < -0.3 is 16.4 Å². The third-order valence-electron chi connectivity index (χ3n) is 2.86. The van der Waals surface area contributed by atoms with Crippen molar-refractivity contribution in [3.63, 3.8) is 0 Å². The van der Waals surface area contributed by atoms with Crippen LogP contribution < -0.4 is 16.4 Å². The van der Waals surface area contributed by atoms with E-state index in [1.165, 1.54) is 0 Å². The lowest BCUT2D eigenvalue weighted by Crippen LogP contribution is -2.47. The molecule has 1 saturated heterocycles. The van der Waals surface area contributed by atoms with E-state index in [1.807, 2.05) is 0 Å². The number of hydrogen-bond donors (Lipinski definition) is 3. The van der Waals surface area contributed by atoms with Crippen LogP contribution in [0.15, 0.2) is 22.7 Å². The maximum atomic E-state index is 12.0. The zero-order chi connectivity index (χ0) is 13.1. The predicted octanol–water partition coefficient (Wildman–Crippen LogP) is 1.04. The first kappa shape index (κ1) is 12.9. The molecule has 6 heteroatoms. The first-order chi connectivity index (χ1) is 8.56. The number of nitrogen functional groups attached to an aromatic ring is 1. The van der Waals surface area contributed by atoms with Crippen LogP contribution in [0, 0.1) is 0 Å². The quantitative estimate of drug-likeness (QED) is 0.714. The molecule has 2 amide bonds. The monoisotopic (exact) mass is 311 g/mol. The van der Waals surface area contributed by atoms with Crippen LogP contribution in [-0.2, 0) is 4.79 Å². The largest absolute Gasteiger partial charge is 0.398 e. The van der Waals surface area contributed by atoms with E-state index in [0.717, 1.165) is 4.47 Å². The Hall–Kier alpha value is -1.56. The van der Waals surface area contributed by atoms with Crippen molar-refractivity contribution in [1.82, 2.24) is 10.6 Å². The first-order valence-electron chi connectivity index (χ1n) is 5.69. The van der Waals surface area contributed by atoms with Gasteiger partial charge in [0.25, 0.3) is 5.91 Å². The van der Waals surface area contributed by atoms with E-state index in [-0.39, 0.29) is 17.9 Å². The van der Waals surface area contributed by atoms with E-state index in [9.17, 15) is 9.59 Å². The third kappa shape index (κ3) is 3.01. The van der Waals surface area contributed by atoms with E-state index in [4.69, 9.17) is 5.73 Å². The molecule has 4 N–H and O–H groups in total. The minimum atomic E-state index is -0.171. The molecular formula is C12H14BrN3O2. The van der Waals surface area contributed by atoms with Crippen molar-refractivity contribution in [2.45, 2.75) is 18.9 Å². The maximum Gasteiger partial charge on any atom is 0.251 e. The zero-order valence-corrected chi connectivity index (χ0v) is 11.3. The number of carbonyl (C=O) groups is 2. The molecule has 0 radical (unpaired) electrons. The molecule has 0 spiro atoms. The van der Waals surface area contributed by atoms with Crippen LogP contribution in [0.4, 0.5) is 5.69 Å². The molecular weight excluding hydrogens is 298 g/mol. The van der Waals surface area contributed by atoms with Crippen molar-refractivity contribution in [2.75, 3.05) is 12.3 Å². The number of halogens is 1. The number of piperidine rings is 1. The lowest BCUT2D eigenvalue weighted by molar-refractivity contribution is -0.122. The van der Waals surface area contributed by atoms with Gasteiger partial charge in [-0.05, 0) is 40.5 Å². The van der Waals surface area contributed by atoms with Gasteiger partial charge in [0.15, 0.2) is 0 Å². The average molecular weight is 312 g/mol. The Bertz CT molecular complexity index is 480. The minimum absolute atomic E-state index is 0.0138. The molecule has 1 aliphatic heterocycles. The molecule has 1 fully saturated rings. The van der Waals surface area contributed by atoms with E-state index in [0.29, 0.717) is 30.6 Å². The van der Waals surface area contributed by atoms with Crippen LogP contribution >= 0.6 is 15.9 Å². The molecule has 1 atom stereocenters. The van der Waals surface area contributed by atoms with Crippen molar-refractivity contribution in [3.05, 3.63) is 28.2 Å². The van der Waals surface area contributed by atoms with Gasteiger partial charge in [0.05, 0.1) is 0 Å². The fraction of sp³-hybridized carbons (Fsp3) is 0.333. The molecule has 18 heavy (non-hydrogen) atoms. The lowest BCUT2D eigenvalue weighted by atomic mass is 10.1. The Kier molecular flexibility index (Phi) is 3.86. The van der Waals surface area contributed by atoms with Crippen LogP contribution in [0.2, 0.25) is 0 Å². The van der Waals surface area contributed by atoms with Gasteiger partial charge in [-0.1, -0.05) is 0 Å². The summed E-state index contributed by atoms with van der Waals surface area (Å²) in [5.74, 6) is -0.135. The lowest BCUT2D eigenvalue weighted by Gasteiger charge is -2.23. The highest BCUT2D eigenvalue weighted by atomic mass is 79.9. The second-order valence-electron chi connectivity index (χ2n) is 4.25. The summed E-state index contributed by atoms with van der Waals surface area (Å²) in [5.41, 5.74) is 6.77. The van der Waals surface area contributed by atoms with Gasteiger partial charge in [-0.3, -0.25) is 9.59 Å². The second-order valence-corrected chi connectivity index (χ2v) is 5.10. The number of carbonyl (C=O) groups excluding carboxylic acids is 2. The summed E-state index contributed by atoms with van der Waals surface area (Å²) in [6.07, 6.45) is 1.12. The van der Waals surface area contributed by atoms with Crippen molar-refractivity contribution in [1.29, 1.82) is 0 Å². The molecule has 2 rings (SSSR count). The first-order valence-corrected chi connectivity index (χ1v) is 6.48. The fourth-order valence-electron chi connectivity index (χ4n) is 1.81. The molecule has 0 aromatic heterocycles. The molecule has 1 aromatic carbocycles.